The average molecular weight is 413 g/mol. The van der Waals surface area contributed by atoms with E-state index in [1.165, 1.54) is 5.56 Å². The molecule has 2 N–H and O–H groups in total. The number of hydrogen-bond donors (Lipinski definition) is 2. The van der Waals surface area contributed by atoms with Crippen molar-refractivity contribution in [2.75, 3.05) is 7.11 Å². The minimum absolute atomic E-state index is 0.0669. The molecule has 0 spiro atoms. The van der Waals surface area contributed by atoms with E-state index in [0.29, 0.717) is 28.0 Å². The number of benzene rings is 2. The predicted molar refractivity (Wildman–Crippen MR) is 120 cm³/mol. The molecule has 0 radical (unpaired) electrons. The number of aliphatic hydroxyl groups is 1. The summed E-state index contributed by atoms with van der Waals surface area (Å²) in [7, 11) is 1.58. The summed E-state index contributed by atoms with van der Waals surface area (Å²) < 4.78 is 7.72. The van der Waals surface area contributed by atoms with Crippen molar-refractivity contribution in [3.63, 3.8) is 0 Å². The molecule has 1 aliphatic rings. The summed E-state index contributed by atoms with van der Waals surface area (Å²) in [5.74, 6) is 1.52. The number of hydrogen-bond acceptors (Lipinski definition) is 6. The van der Waals surface area contributed by atoms with Crippen LogP contribution in [-0.4, -0.2) is 37.5 Å². The summed E-state index contributed by atoms with van der Waals surface area (Å²) >= 11 is 0. The molecular formula is C24H23N5O2. The first-order valence-corrected chi connectivity index (χ1v) is 10.2. The Morgan fingerprint density at radius 1 is 1.13 bits per heavy atom. The first kappa shape index (κ1) is 19.2. The molecular weight excluding hydrogens is 390 g/mol. The molecule has 7 heteroatoms. The molecule has 4 aromatic rings. The van der Waals surface area contributed by atoms with Crippen LogP contribution >= 0.6 is 0 Å². The number of aliphatic hydroxyl groups excluding tert-OH is 1. The number of aromatic nitrogens is 4. The van der Waals surface area contributed by atoms with Crippen LogP contribution in [0.2, 0.25) is 0 Å². The van der Waals surface area contributed by atoms with Gasteiger partial charge in [0.25, 0.3) is 0 Å². The molecule has 2 aromatic heterocycles. The first-order chi connectivity index (χ1) is 15.0. The monoisotopic (exact) mass is 413 g/mol. The largest absolute Gasteiger partial charge is 0.512 e. The van der Waals surface area contributed by atoms with Crippen LogP contribution in [0.15, 0.2) is 54.4 Å². The van der Waals surface area contributed by atoms with Crippen LogP contribution in [0.3, 0.4) is 0 Å². The predicted octanol–water partition coefficient (Wildman–Crippen LogP) is 4.69. The van der Waals surface area contributed by atoms with Gasteiger partial charge in [-0.05, 0) is 38.3 Å². The Labute approximate surface area is 179 Å². The van der Waals surface area contributed by atoms with Crippen molar-refractivity contribution >= 4 is 28.0 Å². The molecule has 0 bridgehead atoms. The molecule has 7 nitrogen and oxygen atoms in total. The second-order valence-electron chi connectivity index (χ2n) is 8.05. The van der Waals surface area contributed by atoms with Crippen molar-refractivity contribution in [1.29, 1.82) is 5.41 Å². The highest BCUT2D eigenvalue weighted by molar-refractivity contribution is 6.22. The van der Waals surface area contributed by atoms with Gasteiger partial charge in [-0.25, -0.2) is 0 Å². The van der Waals surface area contributed by atoms with Crippen molar-refractivity contribution in [3.05, 3.63) is 71.4 Å². The Bertz CT molecular complexity index is 1360. The summed E-state index contributed by atoms with van der Waals surface area (Å²) in [6, 6.07) is 14.2. The SMILES string of the molecule is COc1cc2c(cc1/C(C(C)=N)=C(\C)O)ncc1nnc(C3(c4ccccc4)CC3)n12. The molecule has 0 amide bonds. The third kappa shape index (κ3) is 2.88. The third-order valence-corrected chi connectivity index (χ3v) is 6.06. The van der Waals surface area contributed by atoms with Crippen molar-refractivity contribution in [2.24, 2.45) is 0 Å². The topological polar surface area (TPSA) is 96.4 Å². The zero-order valence-electron chi connectivity index (χ0n) is 17.7. The van der Waals surface area contributed by atoms with Crippen LogP contribution in [-0.2, 0) is 5.41 Å². The van der Waals surface area contributed by atoms with Crippen molar-refractivity contribution in [3.8, 4) is 5.75 Å². The Hall–Kier alpha value is -3.74. The van der Waals surface area contributed by atoms with Gasteiger partial charge in [-0.2, -0.15) is 0 Å². The molecule has 31 heavy (non-hydrogen) atoms. The van der Waals surface area contributed by atoms with Crippen LogP contribution in [0, 0.1) is 5.41 Å². The van der Waals surface area contributed by atoms with Gasteiger partial charge in [0.2, 0.25) is 0 Å². The normalized spacial score (nSPS) is 15.7. The number of nitrogens with one attached hydrogen (secondary N) is 1. The Morgan fingerprint density at radius 2 is 1.87 bits per heavy atom. The standard InChI is InChI=1S/C24H23N5O2/c1-14(25)22(15(2)30)17-11-18-19(12-20(17)31-3)29-21(13-26-18)27-28-23(29)24(9-10-24)16-7-5-4-6-8-16/h4-8,11-13,25,30H,9-10H2,1-3H3/b22-15+,25-14?. The van der Waals surface area contributed by atoms with Crippen LogP contribution in [0.1, 0.15) is 43.6 Å². The van der Waals surface area contributed by atoms with Crippen molar-refractivity contribution < 1.29 is 9.84 Å². The van der Waals surface area contributed by atoms with E-state index in [-0.39, 0.29) is 16.9 Å². The molecule has 0 unspecified atom stereocenters. The second-order valence-corrected chi connectivity index (χ2v) is 8.05. The molecule has 5 rings (SSSR count). The van der Waals surface area contributed by atoms with E-state index in [4.69, 9.17) is 10.1 Å². The fourth-order valence-electron chi connectivity index (χ4n) is 4.45. The number of rotatable bonds is 5. The minimum Gasteiger partial charge on any atom is -0.512 e. The molecule has 156 valence electrons. The molecule has 0 saturated heterocycles. The van der Waals surface area contributed by atoms with E-state index in [2.05, 4.69) is 43.8 Å². The van der Waals surface area contributed by atoms with E-state index in [1.54, 1.807) is 27.2 Å². The van der Waals surface area contributed by atoms with Crippen LogP contribution in [0.5, 0.6) is 5.75 Å². The summed E-state index contributed by atoms with van der Waals surface area (Å²) in [4.78, 5) is 4.58. The summed E-state index contributed by atoms with van der Waals surface area (Å²) in [5.41, 5.74) is 4.63. The van der Waals surface area contributed by atoms with Gasteiger partial charge in [0.1, 0.15) is 11.6 Å². The number of allylic oxidation sites excluding steroid dienone is 2. The Balaban J connectivity index is 1.80. The lowest BCUT2D eigenvalue weighted by Crippen LogP contribution is -2.14. The maximum atomic E-state index is 10.2. The van der Waals surface area contributed by atoms with Gasteiger partial charge in [0.05, 0.1) is 35.5 Å². The maximum absolute atomic E-state index is 10.2. The van der Waals surface area contributed by atoms with Gasteiger partial charge in [0, 0.05) is 22.9 Å². The van der Waals surface area contributed by atoms with Gasteiger partial charge in [0.15, 0.2) is 5.65 Å². The lowest BCUT2D eigenvalue weighted by Gasteiger charge is -2.17. The van der Waals surface area contributed by atoms with Gasteiger partial charge in [-0.1, -0.05) is 30.3 Å². The molecule has 2 aromatic carbocycles. The zero-order chi connectivity index (χ0) is 21.8. The fourth-order valence-corrected chi connectivity index (χ4v) is 4.45. The number of ether oxygens (including phenoxy) is 1. The smallest absolute Gasteiger partial charge is 0.179 e. The fraction of sp³-hybridized carbons (Fsp3) is 0.250. The van der Waals surface area contributed by atoms with Gasteiger partial charge < -0.3 is 15.3 Å². The molecule has 1 aliphatic carbocycles. The highest BCUT2D eigenvalue weighted by Crippen LogP contribution is 2.53. The van der Waals surface area contributed by atoms with Crippen LogP contribution in [0.25, 0.3) is 22.3 Å². The zero-order valence-corrected chi connectivity index (χ0v) is 17.7. The van der Waals surface area contributed by atoms with E-state index in [0.717, 1.165) is 24.2 Å². The van der Waals surface area contributed by atoms with Gasteiger partial charge in [-0.3, -0.25) is 9.38 Å². The molecule has 1 saturated carbocycles. The van der Waals surface area contributed by atoms with Crippen LogP contribution in [0.4, 0.5) is 0 Å². The second kappa shape index (κ2) is 6.91. The van der Waals surface area contributed by atoms with Crippen molar-refractivity contribution in [2.45, 2.75) is 32.1 Å². The molecule has 2 heterocycles. The lowest BCUT2D eigenvalue weighted by atomic mass is 9.95. The average Bonchev–Trinajstić information content (AvgIpc) is 3.45. The molecule has 0 aliphatic heterocycles. The lowest BCUT2D eigenvalue weighted by molar-refractivity contribution is 0.409. The quantitative estimate of drug-likeness (QED) is 0.365. The highest BCUT2D eigenvalue weighted by atomic mass is 16.5. The van der Waals surface area contributed by atoms with E-state index < -0.39 is 0 Å². The van der Waals surface area contributed by atoms with Crippen molar-refractivity contribution in [1.82, 2.24) is 19.6 Å². The van der Waals surface area contributed by atoms with Gasteiger partial charge >= 0.3 is 0 Å². The van der Waals surface area contributed by atoms with E-state index >= 15 is 0 Å². The van der Waals surface area contributed by atoms with Gasteiger partial charge in [-0.15, -0.1) is 10.2 Å². The minimum atomic E-state index is -0.154. The van der Waals surface area contributed by atoms with E-state index in [9.17, 15) is 5.11 Å². The number of methoxy groups -OCH3 is 1. The number of nitrogens with zero attached hydrogens (tertiary/aromatic N) is 4. The molecule has 0 atom stereocenters. The van der Waals surface area contributed by atoms with E-state index in [1.807, 2.05) is 18.2 Å². The summed E-state index contributed by atoms with van der Waals surface area (Å²) in [6.45, 7) is 3.21. The molecule has 1 fully saturated rings. The maximum Gasteiger partial charge on any atom is 0.179 e. The third-order valence-electron chi connectivity index (χ3n) is 6.06. The first-order valence-electron chi connectivity index (χ1n) is 10.2. The highest BCUT2D eigenvalue weighted by Gasteiger charge is 2.49. The Kier molecular flexibility index (Phi) is 4.28. The summed E-state index contributed by atoms with van der Waals surface area (Å²) in [5, 5.41) is 27.3. The number of fused-ring (bicyclic) bond motifs is 3. The van der Waals surface area contributed by atoms with Crippen LogP contribution < -0.4 is 4.74 Å². The Morgan fingerprint density at radius 3 is 2.48 bits per heavy atom. The summed E-state index contributed by atoms with van der Waals surface area (Å²) in [6.07, 6.45) is 3.74.